The molecule has 0 saturated heterocycles. The second kappa shape index (κ2) is 9.16. The molecule has 11 heteroatoms. The predicted octanol–water partition coefficient (Wildman–Crippen LogP) is 4.88. The summed E-state index contributed by atoms with van der Waals surface area (Å²) in [5, 5.41) is 32.0. The van der Waals surface area contributed by atoms with Crippen LogP contribution in [0.3, 0.4) is 0 Å². The van der Waals surface area contributed by atoms with E-state index in [2.05, 4.69) is 20.7 Å². The van der Waals surface area contributed by atoms with E-state index in [0.717, 1.165) is 31.4 Å². The molecule has 2 aromatic heterocycles. The topological polar surface area (TPSA) is 138 Å². The van der Waals surface area contributed by atoms with E-state index in [4.69, 9.17) is 0 Å². The third kappa shape index (κ3) is 5.03. The van der Waals surface area contributed by atoms with Gasteiger partial charge in [0.1, 0.15) is 5.82 Å². The molecule has 4 rings (SSSR count). The van der Waals surface area contributed by atoms with Crippen LogP contribution in [0.15, 0.2) is 42.7 Å². The second-order valence-electron chi connectivity index (χ2n) is 9.54. The number of hydrogen-bond acceptors (Lipinski definition) is 7. The molecule has 3 aromatic rings. The first-order valence-corrected chi connectivity index (χ1v) is 11.3. The van der Waals surface area contributed by atoms with Gasteiger partial charge in [0.25, 0.3) is 5.69 Å². The number of non-ortho nitro benzene ring substituents is 1. The molecule has 0 atom stereocenters. The quantitative estimate of drug-likeness (QED) is 0.344. The van der Waals surface area contributed by atoms with Gasteiger partial charge in [0, 0.05) is 53.9 Å². The number of carbonyl (C=O) groups is 1. The summed E-state index contributed by atoms with van der Waals surface area (Å²) in [4.78, 5) is 28.2. The fraction of sp³-hybridized carbons (Fsp3) is 0.435. The van der Waals surface area contributed by atoms with Crippen LogP contribution in [0, 0.1) is 10.1 Å². The Morgan fingerprint density at radius 2 is 1.88 bits per heavy atom. The molecular weight excluding hydrogens is 438 g/mol. The van der Waals surface area contributed by atoms with E-state index in [0.29, 0.717) is 17.2 Å². The van der Waals surface area contributed by atoms with E-state index in [1.165, 1.54) is 12.1 Å². The molecule has 1 amide bonds. The largest absolute Gasteiger partial charge is 0.465 e. The molecule has 0 spiro atoms. The molecule has 1 aromatic carbocycles. The van der Waals surface area contributed by atoms with E-state index in [-0.39, 0.29) is 17.8 Å². The molecule has 11 nitrogen and oxygen atoms in total. The lowest BCUT2D eigenvalue weighted by Crippen LogP contribution is -2.52. The summed E-state index contributed by atoms with van der Waals surface area (Å²) in [6.45, 7) is 5.78. The molecule has 3 N–H and O–H groups in total. The summed E-state index contributed by atoms with van der Waals surface area (Å²) in [6.07, 6.45) is 5.76. The van der Waals surface area contributed by atoms with Crippen LogP contribution in [-0.4, -0.2) is 53.2 Å². The van der Waals surface area contributed by atoms with E-state index < -0.39 is 16.6 Å². The third-order valence-corrected chi connectivity index (χ3v) is 6.06. The van der Waals surface area contributed by atoms with Crippen molar-refractivity contribution in [2.75, 3.05) is 10.6 Å². The van der Waals surface area contributed by atoms with Gasteiger partial charge in [0.2, 0.25) is 0 Å². The first-order chi connectivity index (χ1) is 16.1. The highest BCUT2D eigenvalue weighted by molar-refractivity contribution is 5.76. The zero-order chi connectivity index (χ0) is 24.5. The number of anilines is 3. The van der Waals surface area contributed by atoms with E-state index in [9.17, 15) is 20.0 Å². The fourth-order valence-electron chi connectivity index (χ4n) is 4.58. The van der Waals surface area contributed by atoms with Gasteiger partial charge in [-0.05, 0) is 58.6 Å². The van der Waals surface area contributed by atoms with Crippen molar-refractivity contribution in [1.82, 2.24) is 19.5 Å². The molecule has 1 aliphatic carbocycles. The van der Waals surface area contributed by atoms with E-state index >= 15 is 0 Å². The average Bonchev–Trinajstić information content (AvgIpc) is 3.23. The van der Waals surface area contributed by atoms with Crippen molar-refractivity contribution in [2.45, 2.75) is 64.1 Å². The molecule has 1 saturated carbocycles. The summed E-state index contributed by atoms with van der Waals surface area (Å²) in [5.74, 6) is 0.671. The Bertz CT molecular complexity index is 1180. The molecular formula is C23H29N7O4. The summed E-state index contributed by atoms with van der Waals surface area (Å²) < 4.78 is 1.67. The SMILES string of the molecule is CC(C)(C)N(C(=O)O)C1CCC(Nc2cc(Nc3ccc([N+](=O)[O-])cc3)c3nccn3n2)CC1. The van der Waals surface area contributed by atoms with Crippen LogP contribution in [0.5, 0.6) is 0 Å². The van der Waals surface area contributed by atoms with Crippen molar-refractivity contribution >= 4 is 34.6 Å². The second-order valence-corrected chi connectivity index (χ2v) is 9.54. The minimum absolute atomic E-state index is 0.000923. The number of carboxylic acid groups (broad SMARTS) is 1. The van der Waals surface area contributed by atoms with Crippen LogP contribution in [-0.2, 0) is 0 Å². The average molecular weight is 468 g/mol. The van der Waals surface area contributed by atoms with Crippen LogP contribution in [0.2, 0.25) is 0 Å². The van der Waals surface area contributed by atoms with Crippen LogP contribution >= 0.6 is 0 Å². The molecule has 2 heterocycles. The minimum atomic E-state index is -0.877. The Kier molecular flexibility index (Phi) is 6.27. The van der Waals surface area contributed by atoms with Crippen molar-refractivity contribution in [3.63, 3.8) is 0 Å². The van der Waals surface area contributed by atoms with Crippen LogP contribution in [0.25, 0.3) is 5.65 Å². The first kappa shape index (κ1) is 23.3. The summed E-state index contributed by atoms with van der Waals surface area (Å²) in [6, 6.07) is 8.23. The number of rotatable bonds is 6. The molecule has 0 unspecified atom stereocenters. The third-order valence-electron chi connectivity index (χ3n) is 6.06. The maximum absolute atomic E-state index is 11.8. The number of aromatic nitrogens is 3. The highest BCUT2D eigenvalue weighted by atomic mass is 16.6. The van der Waals surface area contributed by atoms with Crippen molar-refractivity contribution in [3.8, 4) is 0 Å². The molecule has 34 heavy (non-hydrogen) atoms. The lowest BCUT2D eigenvalue weighted by Gasteiger charge is -2.42. The molecule has 0 bridgehead atoms. The van der Waals surface area contributed by atoms with Crippen LogP contribution < -0.4 is 10.6 Å². The highest BCUT2D eigenvalue weighted by Crippen LogP contribution is 2.31. The molecule has 1 aliphatic rings. The van der Waals surface area contributed by atoms with E-state index in [1.807, 2.05) is 26.8 Å². The van der Waals surface area contributed by atoms with Gasteiger partial charge in [-0.3, -0.25) is 10.1 Å². The monoisotopic (exact) mass is 467 g/mol. The lowest BCUT2D eigenvalue weighted by molar-refractivity contribution is -0.384. The number of nitro groups is 1. The van der Waals surface area contributed by atoms with E-state index in [1.54, 1.807) is 33.9 Å². The van der Waals surface area contributed by atoms with Gasteiger partial charge in [-0.25, -0.2) is 14.3 Å². The zero-order valence-electron chi connectivity index (χ0n) is 19.4. The van der Waals surface area contributed by atoms with Gasteiger partial charge in [0.15, 0.2) is 5.65 Å². The standard InChI is InChI=1S/C23H29N7O4/c1-23(2,3)29(22(31)32)17-8-4-16(5-9-17)26-20-14-19(21-24-12-13-28(21)27-20)25-15-6-10-18(11-7-15)30(33)34/h6-7,10-14,16-17,25H,4-5,8-9H2,1-3H3,(H,26,27)(H,31,32). The first-order valence-electron chi connectivity index (χ1n) is 11.3. The van der Waals surface area contributed by atoms with Crippen LogP contribution in [0.1, 0.15) is 46.5 Å². The fourth-order valence-corrected chi connectivity index (χ4v) is 4.58. The Morgan fingerprint density at radius 3 is 2.47 bits per heavy atom. The van der Waals surface area contributed by atoms with Crippen molar-refractivity contribution < 1.29 is 14.8 Å². The summed E-state index contributed by atoms with van der Waals surface area (Å²) in [5.41, 5.74) is 1.63. The Morgan fingerprint density at radius 1 is 1.21 bits per heavy atom. The minimum Gasteiger partial charge on any atom is -0.465 e. The van der Waals surface area contributed by atoms with Gasteiger partial charge in [-0.1, -0.05) is 0 Å². The number of nitro benzene ring substituents is 1. The molecule has 1 fully saturated rings. The van der Waals surface area contributed by atoms with Gasteiger partial charge >= 0.3 is 6.09 Å². The molecule has 0 radical (unpaired) electrons. The maximum atomic E-state index is 11.8. The van der Waals surface area contributed by atoms with Crippen molar-refractivity contribution in [1.29, 1.82) is 0 Å². The van der Waals surface area contributed by atoms with Gasteiger partial charge in [-0.15, -0.1) is 5.10 Å². The summed E-state index contributed by atoms with van der Waals surface area (Å²) >= 11 is 0. The van der Waals surface area contributed by atoms with Crippen LogP contribution in [0.4, 0.5) is 27.7 Å². The number of nitrogens with zero attached hydrogens (tertiary/aromatic N) is 5. The number of imidazole rings is 1. The van der Waals surface area contributed by atoms with Gasteiger partial charge in [-0.2, -0.15) is 0 Å². The molecule has 180 valence electrons. The summed E-state index contributed by atoms with van der Waals surface area (Å²) in [7, 11) is 0. The Labute approximate surface area is 196 Å². The Balaban J connectivity index is 1.47. The number of nitrogens with one attached hydrogen (secondary N) is 2. The highest BCUT2D eigenvalue weighted by Gasteiger charge is 2.35. The maximum Gasteiger partial charge on any atom is 0.407 e. The van der Waals surface area contributed by atoms with Crippen molar-refractivity contribution in [2.24, 2.45) is 0 Å². The number of amides is 1. The van der Waals surface area contributed by atoms with Gasteiger partial charge < -0.3 is 20.6 Å². The number of benzene rings is 1. The predicted molar refractivity (Wildman–Crippen MR) is 129 cm³/mol. The Hall–Kier alpha value is -3.89. The number of hydrogen-bond donors (Lipinski definition) is 3. The smallest absolute Gasteiger partial charge is 0.407 e. The number of fused-ring (bicyclic) bond motifs is 1. The lowest BCUT2D eigenvalue weighted by atomic mass is 9.88. The van der Waals surface area contributed by atoms with Crippen molar-refractivity contribution in [3.05, 3.63) is 52.8 Å². The normalized spacial score (nSPS) is 18.4. The zero-order valence-corrected chi connectivity index (χ0v) is 19.4. The molecule has 0 aliphatic heterocycles. The van der Waals surface area contributed by atoms with Gasteiger partial charge in [0.05, 0.1) is 10.6 Å².